The zero-order valence-electron chi connectivity index (χ0n) is 12.8. The van der Waals surface area contributed by atoms with Gasteiger partial charge in [0.2, 0.25) is 0 Å². The van der Waals surface area contributed by atoms with E-state index < -0.39 is 0 Å². The number of rotatable bonds is 8. The molecule has 0 amide bonds. The number of ether oxygens (including phenoxy) is 2. The fourth-order valence-corrected chi connectivity index (χ4v) is 2.33. The summed E-state index contributed by atoms with van der Waals surface area (Å²) in [6.45, 7) is 7.33. The lowest BCUT2D eigenvalue weighted by atomic mass is 10.0. The molecule has 0 bridgehead atoms. The molecule has 0 aliphatic carbocycles. The van der Waals surface area contributed by atoms with Crippen molar-refractivity contribution in [3.05, 3.63) is 76.8 Å². The zero-order chi connectivity index (χ0) is 15.8. The van der Waals surface area contributed by atoms with Crippen LogP contribution in [0.1, 0.15) is 16.7 Å². The normalized spacial score (nSPS) is 10.5. The van der Waals surface area contributed by atoms with Crippen LogP contribution in [0, 0.1) is 6.92 Å². The summed E-state index contributed by atoms with van der Waals surface area (Å²) >= 11 is 6.24. The molecular formula is C19H21ClO2. The Labute approximate surface area is 137 Å². The van der Waals surface area contributed by atoms with Gasteiger partial charge in [-0.2, -0.15) is 0 Å². The first-order valence-corrected chi connectivity index (χ1v) is 7.72. The van der Waals surface area contributed by atoms with Crippen LogP contribution in [-0.4, -0.2) is 19.8 Å². The molecule has 0 heterocycles. The number of benzene rings is 2. The van der Waals surface area contributed by atoms with Crippen LogP contribution in [0.25, 0.3) is 0 Å². The Morgan fingerprint density at radius 3 is 2.59 bits per heavy atom. The third-order valence-corrected chi connectivity index (χ3v) is 3.62. The van der Waals surface area contributed by atoms with E-state index in [2.05, 4.69) is 31.7 Å². The Kier molecular flexibility index (Phi) is 6.50. The Morgan fingerprint density at radius 2 is 1.86 bits per heavy atom. The van der Waals surface area contributed by atoms with E-state index >= 15 is 0 Å². The minimum Gasteiger partial charge on any atom is -0.491 e. The Hall–Kier alpha value is -1.77. The lowest BCUT2D eigenvalue weighted by Crippen LogP contribution is -2.06. The maximum absolute atomic E-state index is 6.24. The van der Waals surface area contributed by atoms with Gasteiger partial charge in [-0.05, 0) is 42.7 Å². The molecule has 22 heavy (non-hydrogen) atoms. The van der Waals surface area contributed by atoms with Crippen LogP contribution >= 0.6 is 11.6 Å². The van der Waals surface area contributed by atoms with E-state index in [-0.39, 0.29) is 0 Å². The second-order valence-corrected chi connectivity index (χ2v) is 5.53. The standard InChI is InChI=1S/C19H21ClO2/c1-3-10-21-11-12-22-18-7-5-16(6-8-18)14-17-13-15(2)4-9-19(17)20/h3-9,13H,1,10-12,14H2,2H3. The van der Waals surface area contributed by atoms with E-state index in [0.29, 0.717) is 19.8 Å². The van der Waals surface area contributed by atoms with Gasteiger partial charge in [-0.25, -0.2) is 0 Å². The van der Waals surface area contributed by atoms with Crippen LogP contribution in [0.4, 0.5) is 0 Å². The molecule has 2 rings (SSSR count). The molecule has 0 fully saturated rings. The molecule has 0 aromatic heterocycles. The smallest absolute Gasteiger partial charge is 0.119 e. The molecule has 0 saturated carbocycles. The van der Waals surface area contributed by atoms with Crippen LogP contribution in [0.5, 0.6) is 5.75 Å². The molecule has 0 N–H and O–H groups in total. The molecule has 0 atom stereocenters. The van der Waals surface area contributed by atoms with E-state index in [4.69, 9.17) is 21.1 Å². The molecule has 2 aromatic rings. The van der Waals surface area contributed by atoms with Crippen molar-refractivity contribution in [1.82, 2.24) is 0 Å². The molecule has 0 spiro atoms. The second kappa shape index (κ2) is 8.62. The summed E-state index contributed by atoms with van der Waals surface area (Å²) in [4.78, 5) is 0. The average Bonchev–Trinajstić information content (AvgIpc) is 2.52. The summed E-state index contributed by atoms with van der Waals surface area (Å²) in [6, 6.07) is 14.2. The summed E-state index contributed by atoms with van der Waals surface area (Å²) in [6.07, 6.45) is 2.55. The van der Waals surface area contributed by atoms with Gasteiger partial charge >= 0.3 is 0 Å². The first kappa shape index (κ1) is 16.6. The summed E-state index contributed by atoms with van der Waals surface area (Å²) < 4.78 is 10.9. The molecular weight excluding hydrogens is 296 g/mol. The minimum atomic E-state index is 0.539. The average molecular weight is 317 g/mol. The van der Waals surface area contributed by atoms with Crippen LogP contribution in [0.15, 0.2) is 55.1 Å². The predicted molar refractivity (Wildman–Crippen MR) is 91.9 cm³/mol. The molecule has 2 aromatic carbocycles. The number of halogens is 1. The third-order valence-electron chi connectivity index (χ3n) is 3.25. The van der Waals surface area contributed by atoms with Crippen molar-refractivity contribution in [3.8, 4) is 5.75 Å². The van der Waals surface area contributed by atoms with Crippen LogP contribution in [0.3, 0.4) is 0 Å². The minimum absolute atomic E-state index is 0.539. The summed E-state index contributed by atoms with van der Waals surface area (Å²) in [7, 11) is 0. The highest BCUT2D eigenvalue weighted by Crippen LogP contribution is 2.22. The topological polar surface area (TPSA) is 18.5 Å². The molecule has 0 unspecified atom stereocenters. The van der Waals surface area contributed by atoms with Gasteiger partial charge < -0.3 is 9.47 Å². The Bertz CT molecular complexity index is 605. The quantitative estimate of drug-likeness (QED) is 0.513. The van der Waals surface area contributed by atoms with Crippen LogP contribution in [-0.2, 0) is 11.2 Å². The first-order valence-electron chi connectivity index (χ1n) is 7.34. The second-order valence-electron chi connectivity index (χ2n) is 5.13. The van der Waals surface area contributed by atoms with Crippen molar-refractivity contribution in [3.63, 3.8) is 0 Å². The van der Waals surface area contributed by atoms with E-state index in [0.717, 1.165) is 22.8 Å². The van der Waals surface area contributed by atoms with Crippen molar-refractivity contribution in [2.24, 2.45) is 0 Å². The van der Waals surface area contributed by atoms with Gasteiger partial charge in [0.25, 0.3) is 0 Å². The van der Waals surface area contributed by atoms with Crippen molar-refractivity contribution in [2.45, 2.75) is 13.3 Å². The molecule has 0 saturated heterocycles. The number of hydrogen-bond donors (Lipinski definition) is 0. The van der Waals surface area contributed by atoms with Gasteiger partial charge in [-0.1, -0.05) is 47.5 Å². The fraction of sp³-hybridized carbons (Fsp3) is 0.263. The van der Waals surface area contributed by atoms with Gasteiger partial charge in [-0.3, -0.25) is 0 Å². The van der Waals surface area contributed by atoms with Crippen LogP contribution in [0.2, 0.25) is 5.02 Å². The molecule has 0 radical (unpaired) electrons. The van der Waals surface area contributed by atoms with Gasteiger partial charge in [-0.15, -0.1) is 6.58 Å². The largest absolute Gasteiger partial charge is 0.491 e. The van der Waals surface area contributed by atoms with Crippen molar-refractivity contribution < 1.29 is 9.47 Å². The van der Waals surface area contributed by atoms with Gasteiger partial charge in [0.05, 0.1) is 13.2 Å². The Morgan fingerprint density at radius 1 is 1.09 bits per heavy atom. The first-order chi connectivity index (χ1) is 10.7. The molecule has 2 nitrogen and oxygen atoms in total. The maximum atomic E-state index is 6.24. The van der Waals surface area contributed by atoms with E-state index in [1.807, 2.05) is 24.3 Å². The predicted octanol–water partition coefficient (Wildman–Crippen LogP) is 4.82. The highest BCUT2D eigenvalue weighted by Gasteiger charge is 2.03. The lowest BCUT2D eigenvalue weighted by Gasteiger charge is -2.09. The van der Waals surface area contributed by atoms with E-state index in [1.54, 1.807) is 6.08 Å². The fourth-order valence-electron chi connectivity index (χ4n) is 2.15. The monoisotopic (exact) mass is 316 g/mol. The summed E-state index contributed by atoms with van der Waals surface area (Å²) in [5.74, 6) is 0.848. The lowest BCUT2D eigenvalue weighted by molar-refractivity contribution is 0.121. The maximum Gasteiger partial charge on any atom is 0.119 e. The van der Waals surface area contributed by atoms with Crippen molar-refractivity contribution >= 4 is 11.6 Å². The number of aryl methyl sites for hydroxylation is 1. The SMILES string of the molecule is C=CCOCCOc1ccc(Cc2cc(C)ccc2Cl)cc1. The molecule has 3 heteroatoms. The zero-order valence-corrected chi connectivity index (χ0v) is 13.6. The van der Waals surface area contributed by atoms with Crippen molar-refractivity contribution in [1.29, 1.82) is 0 Å². The number of hydrogen-bond acceptors (Lipinski definition) is 2. The molecule has 0 aliphatic heterocycles. The van der Waals surface area contributed by atoms with Crippen LogP contribution < -0.4 is 4.74 Å². The van der Waals surface area contributed by atoms with Gasteiger partial charge in [0.1, 0.15) is 12.4 Å². The summed E-state index contributed by atoms with van der Waals surface area (Å²) in [5.41, 5.74) is 3.58. The van der Waals surface area contributed by atoms with Gasteiger partial charge in [0, 0.05) is 5.02 Å². The highest BCUT2D eigenvalue weighted by atomic mass is 35.5. The molecule has 116 valence electrons. The van der Waals surface area contributed by atoms with E-state index in [1.165, 1.54) is 11.1 Å². The highest BCUT2D eigenvalue weighted by molar-refractivity contribution is 6.31. The Balaban J connectivity index is 1.89. The van der Waals surface area contributed by atoms with Crippen molar-refractivity contribution in [2.75, 3.05) is 19.8 Å². The summed E-state index contributed by atoms with van der Waals surface area (Å²) in [5, 5.41) is 0.810. The van der Waals surface area contributed by atoms with E-state index in [9.17, 15) is 0 Å². The van der Waals surface area contributed by atoms with Gasteiger partial charge in [0.15, 0.2) is 0 Å². The third kappa shape index (κ3) is 5.21. The molecule has 0 aliphatic rings.